The van der Waals surface area contributed by atoms with Gasteiger partial charge in [0, 0.05) is 12.3 Å². The van der Waals surface area contributed by atoms with E-state index in [-0.39, 0.29) is 24.7 Å². The molecule has 6 rings (SSSR count). The van der Waals surface area contributed by atoms with Gasteiger partial charge >= 0.3 is 0 Å². The lowest BCUT2D eigenvalue weighted by atomic mass is 9.95. The largest absolute Gasteiger partial charge is 0.497 e. The average molecular weight is 608 g/mol. The maximum atomic E-state index is 13.8. The topological polar surface area (TPSA) is 68.2 Å². The number of aliphatic hydroxyl groups is 1. The van der Waals surface area contributed by atoms with E-state index >= 15 is 0 Å². The molecule has 4 aromatic carbocycles. The number of rotatable bonds is 9. The van der Waals surface area contributed by atoms with Gasteiger partial charge in [-0.2, -0.15) is 0 Å². The van der Waals surface area contributed by atoms with Crippen molar-refractivity contribution in [3.63, 3.8) is 0 Å². The molecule has 6 nitrogen and oxygen atoms in total. The highest BCUT2D eigenvalue weighted by atomic mass is 28.3. The fourth-order valence-electron chi connectivity index (χ4n) is 7.23. The number of hydrogen-bond acceptors (Lipinski definition) is 5. The summed E-state index contributed by atoms with van der Waals surface area (Å²) in [5.74, 6) is 2.34. The van der Waals surface area contributed by atoms with Crippen LogP contribution >= 0.6 is 0 Å². The van der Waals surface area contributed by atoms with Crippen molar-refractivity contribution in [2.45, 2.75) is 57.0 Å². The van der Waals surface area contributed by atoms with Gasteiger partial charge in [-0.15, -0.1) is 0 Å². The van der Waals surface area contributed by atoms with Crippen molar-refractivity contribution < 1.29 is 24.1 Å². The number of carbonyl (C=O) groups excluding carboxylic acids is 1. The molecule has 0 aromatic heterocycles. The number of para-hydroxylation sites is 3. The van der Waals surface area contributed by atoms with Crippen molar-refractivity contribution in [3.8, 4) is 17.2 Å². The van der Waals surface area contributed by atoms with E-state index in [1.165, 1.54) is 10.8 Å². The summed E-state index contributed by atoms with van der Waals surface area (Å²) in [6.07, 6.45) is 2.60. The van der Waals surface area contributed by atoms with E-state index in [1.807, 2.05) is 60.7 Å². The maximum Gasteiger partial charge on any atom is 0.266 e. The number of nitrogens with zero attached hydrogens (tertiary/aromatic N) is 1. The van der Waals surface area contributed by atoms with Crippen LogP contribution in [0.15, 0.2) is 97.1 Å². The molecule has 2 heterocycles. The zero-order valence-corrected chi connectivity index (χ0v) is 26.9. The molecule has 2 aliphatic heterocycles. The van der Waals surface area contributed by atoms with Gasteiger partial charge in [-0.25, -0.2) is 0 Å². The first kappa shape index (κ1) is 30.1. The van der Waals surface area contributed by atoms with Crippen LogP contribution in [0.1, 0.15) is 35.7 Å². The van der Waals surface area contributed by atoms with Crippen LogP contribution in [-0.4, -0.2) is 45.0 Å². The standard InChI is InChI=1S/C37H41NO5Si/c1-25-32(42-35(23-24-39)36(25)44(3,4)29-20-18-28(41-2)19-21-29)22-15-26-13-16-27(17-14-26)38-31-10-6-8-12-34(31)43-33-11-7-5-9-30(33)37(38)40/h5-14,16-21,25,32,35-36,39H,15,22-24H2,1-4H3/t25-,32+,35-,36+/m0/s1. The third-order valence-corrected chi connectivity index (χ3v) is 13.9. The van der Waals surface area contributed by atoms with Gasteiger partial charge < -0.3 is 19.3 Å². The van der Waals surface area contributed by atoms with Gasteiger partial charge in [-0.05, 0) is 84.8 Å². The second kappa shape index (κ2) is 12.6. The van der Waals surface area contributed by atoms with E-state index in [9.17, 15) is 9.90 Å². The molecule has 4 atom stereocenters. The lowest BCUT2D eigenvalue weighted by molar-refractivity contribution is 0.0196. The Hall–Kier alpha value is -3.91. The summed E-state index contributed by atoms with van der Waals surface area (Å²) < 4.78 is 18.3. The fraction of sp³-hybridized carbons (Fsp3) is 0.324. The zero-order valence-electron chi connectivity index (χ0n) is 25.9. The van der Waals surface area contributed by atoms with Crippen molar-refractivity contribution in [3.05, 3.63) is 108 Å². The third kappa shape index (κ3) is 5.67. The van der Waals surface area contributed by atoms with Crippen LogP contribution < -0.4 is 19.6 Å². The fourth-order valence-corrected chi connectivity index (χ4v) is 11.3. The molecule has 0 aliphatic carbocycles. The normalized spacial score (nSPS) is 21.3. The second-order valence-electron chi connectivity index (χ2n) is 12.5. The molecule has 2 aliphatic rings. The summed E-state index contributed by atoms with van der Waals surface area (Å²) in [7, 11) is -0.231. The van der Waals surface area contributed by atoms with Crippen LogP contribution in [-0.2, 0) is 11.2 Å². The molecule has 228 valence electrons. The predicted molar refractivity (Wildman–Crippen MR) is 178 cm³/mol. The summed E-state index contributed by atoms with van der Waals surface area (Å²) >= 11 is 0. The van der Waals surface area contributed by atoms with Gasteiger partial charge in [0.25, 0.3) is 5.91 Å². The van der Waals surface area contributed by atoms with Crippen LogP contribution in [0.3, 0.4) is 0 Å². The number of carbonyl (C=O) groups is 1. The van der Waals surface area contributed by atoms with Crippen LogP contribution in [0.25, 0.3) is 0 Å². The smallest absolute Gasteiger partial charge is 0.266 e. The quantitative estimate of drug-likeness (QED) is 0.200. The average Bonchev–Trinajstić information content (AvgIpc) is 3.30. The Morgan fingerprint density at radius 2 is 1.52 bits per heavy atom. The van der Waals surface area contributed by atoms with Gasteiger partial charge in [-0.1, -0.05) is 73.7 Å². The maximum absolute atomic E-state index is 13.8. The van der Waals surface area contributed by atoms with E-state index in [2.05, 4.69) is 56.4 Å². The van der Waals surface area contributed by atoms with Crippen molar-refractivity contribution in [1.29, 1.82) is 0 Å². The highest BCUT2D eigenvalue weighted by molar-refractivity contribution is 6.91. The summed E-state index contributed by atoms with van der Waals surface area (Å²) in [6.45, 7) is 7.31. The molecule has 1 saturated heterocycles. The number of benzene rings is 4. The van der Waals surface area contributed by atoms with Crippen molar-refractivity contribution in [2.24, 2.45) is 5.92 Å². The number of anilines is 2. The first-order valence-corrected chi connectivity index (χ1v) is 18.6. The molecular weight excluding hydrogens is 566 g/mol. The Balaban J connectivity index is 1.19. The van der Waals surface area contributed by atoms with Crippen LogP contribution in [0.4, 0.5) is 11.4 Å². The third-order valence-electron chi connectivity index (χ3n) is 9.54. The monoisotopic (exact) mass is 607 g/mol. The number of fused-ring (bicyclic) bond motifs is 2. The molecule has 7 heteroatoms. The number of ether oxygens (including phenoxy) is 3. The Morgan fingerprint density at radius 1 is 0.841 bits per heavy atom. The zero-order chi connectivity index (χ0) is 30.8. The number of hydrogen-bond donors (Lipinski definition) is 1. The van der Waals surface area contributed by atoms with Gasteiger partial charge in [0.2, 0.25) is 0 Å². The lowest BCUT2D eigenvalue weighted by Crippen LogP contribution is -2.50. The number of aryl methyl sites for hydroxylation is 1. The van der Waals surface area contributed by atoms with Crippen LogP contribution in [0.5, 0.6) is 17.2 Å². The van der Waals surface area contributed by atoms with Crippen molar-refractivity contribution in [2.75, 3.05) is 18.6 Å². The van der Waals surface area contributed by atoms with E-state index in [0.29, 0.717) is 34.9 Å². The summed E-state index contributed by atoms with van der Waals surface area (Å²) in [6, 6.07) is 31.8. The first-order valence-electron chi connectivity index (χ1n) is 15.5. The second-order valence-corrected chi connectivity index (χ2v) is 17.2. The molecule has 1 fully saturated rings. The lowest BCUT2D eigenvalue weighted by Gasteiger charge is -2.36. The summed E-state index contributed by atoms with van der Waals surface area (Å²) in [5, 5.41) is 11.3. The molecule has 0 radical (unpaired) electrons. The highest BCUT2D eigenvalue weighted by Gasteiger charge is 2.50. The molecule has 0 spiro atoms. The number of methoxy groups -OCH3 is 1. The number of amides is 1. The summed E-state index contributed by atoms with van der Waals surface area (Å²) in [4.78, 5) is 15.5. The van der Waals surface area contributed by atoms with E-state index in [1.54, 1.807) is 12.0 Å². The molecule has 1 N–H and O–H groups in total. The Morgan fingerprint density at radius 3 is 2.23 bits per heavy atom. The highest BCUT2D eigenvalue weighted by Crippen LogP contribution is 2.47. The van der Waals surface area contributed by atoms with E-state index in [0.717, 1.165) is 30.0 Å². The van der Waals surface area contributed by atoms with Crippen LogP contribution in [0, 0.1) is 5.92 Å². The molecule has 0 saturated carbocycles. The van der Waals surface area contributed by atoms with Gasteiger partial charge in [0.1, 0.15) is 11.5 Å². The SMILES string of the molecule is COc1ccc([Si](C)(C)[C@@H]2[C@@H](C)[C@@H](CCc3ccc(N4C(=O)c5ccccc5Oc5ccccc54)cc3)O[C@H]2CCO)cc1. The summed E-state index contributed by atoms with van der Waals surface area (Å²) in [5.41, 5.74) is 3.65. The minimum absolute atomic E-state index is 0.0466. The van der Waals surface area contributed by atoms with Gasteiger partial charge in [0.05, 0.1) is 38.6 Å². The predicted octanol–water partition coefficient (Wildman–Crippen LogP) is 7.48. The van der Waals surface area contributed by atoms with Gasteiger partial charge in [-0.3, -0.25) is 9.69 Å². The molecule has 1 amide bonds. The first-order chi connectivity index (χ1) is 21.3. The van der Waals surface area contributed by atoms with E-state index < -0.39 is 8.07 Å². The van der Waals surface area contributed by atoms with Gasteiger partial charge in [0.15, 0.2) is 5.75 Å². The molecule has 4 aromatic rings. The Kier molecular flexibility index (Phi) is 8.63. The number of aliphatic hydroxyl groups excluding tert-OH is 1. The molecular formula is C37H41NO5Si. The Bertz CT molecular complexity index is 1600. The Labute approximate surface area is 261 Å². The molecule has 0 unspecified atom stereocenters. The minimum atomic E-state index is -1.93. The van der Waals surface area contributed by atoms with Crippen LogP contribution in [0.2, 0.25) is 18.6 Å². The van der Waals surface area contributed by atoms with Crippen molar-refractivity contribution in [1.82, 2.24) is 0 Å². The van der Waals surface area contributed by atoms with Crippen molar-refractivity contribution >= 4 is 30.5 Å². The molecule has 0 bridgehead atoms. The molecule has 44 heavy (non-hydrogen) atoms. The van der Waals surface area contributed by atoms with E-state index in [4.69, 9.17) is 14.2 Å². The minimum Gasteiger partial charge on any atom is -0.497 e.